The summed E-state index contributed by atoms with van der Waals surface area (Å²) in [6.07, 6.45) is 0. The van der Waals surface area contributed by atoms with E-state index in [0.717, 1.165) is 0 Å². The summed E-state index contributed by atoms with van der Waals surface area (Å²) in [5, 5.41) is 20.2. The minimum atomic E-state index is -1.04. The van der Waals surface area contributed by atoms with Gasteiger partial charge in [0.25, 0.3) is 0 Å². The molecule has 0 fully saturated rings. The number of carbonyl (C=O) groups excluding carboxylic acids is 1. The fourth-order valence-corrected chi connectivity index (χ4v) is 0.774. The number of carbonyl (C=O) groups is 1. The summed E-state index contributed by atoms with van der Waals surface area (Å²) in [6.45, 7) is 0.910. The van der Waals surface area contributed by atoms with Crippen molar-refractivity contribution in [3.8, 4) is 0 Å². The molecule has 84 valence electrons. The Labute approximate surface area is 83.0 Å². The summed E-state index contributed by atoms with van der Waals surface area (Å²) in [6, 6.07) is -0.794. The number of methoxy groups -OCH3 is 1. The average Bonchev–Trinajstić information content (AvgIpc) is 2.18. The smallest absolute Gasteiger partial charge is 0.239 e. The van der Waals surface area contributed by atoms with Gasteiger partial charge in [-0.3, -0.25) is 4.79 Å². The predicted octanol–water partition coefficient (Wildman–Crippen LogP) is -2.18. The summed E-state index contributed by atoms with van der Waals surface area (Å²) >= 11 is 0. The molecule has 0 aliphatic heterocycles. The van der Waals surface area contributed by atoms with Crippen LogP contribution >= 0.6 is 0 Å². The molecule has 1 unspecified atom stereocenters. The van der Waals surface area contributed by atoms with Crippen molar-refractivity contribution < 1.29 is 19.7 Å². The van der Waals surface area contributed by atoms with Gasteiger partial charge >= 0.3 is 0 Å². The van der Waals surface area contributed by atoms with Crippen molar-refractivity contribution in [3.05, 3.63) is 0 Å². The van der Waals surface area contributed by atoms with E-state index >= 15 is 0 Å². The molecule has 1 atom stereocenters. The van der Waals surface area contributed by atoms with Crippen molar-refractivity contribution in [2.24, 2.45) is 5.73 Å². The molecule has 0 saturated heterocycles. The minimum Gasteiger partial charge on any atom is -0.394 e. The molecule has 0 aliphatic rings. The van der Waals surface area contributed by atoms with Crippen LogP contribution in [0.1, 0.15) is 6.92 Å². The standard InChI is InChI=1S/C8H18N2O4/c1-8(4-11,5-12)10-7(13)6(9)3-14-2/h6,11-12H,3-5,9H2,1-2H3,(H,10,13). The number of nitrogens with one attached hydrogen (secondary N) is 1. The largest absolute Gasteiger partial charge is 0.394 e. The molecular formula is C8H18N2O4. The van der Waals surface area contributed by atoms with Gasteiger partial charge in [-0.2, -0.15) is 0 Å². The minimum absolute atomic E-state index is 0.0960. The Morgan fingerprint density at radius 3 is 2.43 bits per heavy atom. The maximum Gasteiger partial charge on any atom is 0.239 e. The van der Waals surface area contributed by atoms with Crippen molar-refractivity contribution in [2.45, 2.75) is 18.5 Å². The van der Waals surface area contributed by atoms with E-state index in [9.17, 15) is 4.79 Å². The van der Waals surface area contributed by atoms with Crippen LogP contribution in [0, 0.1) is 0 Å². The summed E-state index contributed by atoms with van der Waals surface area (Å²) in [7, 11) is 1.43. The van der Waals surface area contributed by atoms with Gasteiger partial charge in [0, 0.05) is 7.11 Å². The highest BCUT2D eigenvalue weighted by molar-refractivity contribution is 5.82. The third-order valence-corrected chi connectivity index (χ3v) is 1.81. The molecule has 0 heterocycles. The number of rotatable bonds is 6. The normalized spacial score (nSPS) is 13.8. The van der Waals surface area contributed by atoms with E-state index in [1.165, 1.54) is 14.0 Å². The topological polar surface area (TPSA) is 105 Å². The van der Waals surface area contributed by atoms with Crippen molar-refractivity contribution >= 4 is 5.91 Å². The SMILES string of the molecule is COCC(N)C(=O)NC(C)(CO)CO. The van der Waals surface area contributed by atoms with E-state index in [0.29, 0.717) is 0 Å². The third kappa shape index (κ3) is 4.01. The van der Waals surface area contributed by atoms with Crippen LogP contribution in [0.25, 0.3) is 0 Å². The molecule has 6 heteroatoms. The molecule has 5 N–H and O–H groups in total. The van der Waals surface area contributed by atoms with Crippen LogP contribution in [-0.2, 0) is 9.53 Å². The zero-order valence-electron chi connectivity index (χ0n) is 8.49. The molecule has 0 aliphatic carbocycles. The van der Waals surface area contributed by atoms with Gasteiger partial charge in [0.05, 0.1) is 25.4 Å². The van der Waals surface area contributed by atoms with Crippen molar-refractivity contribution in [1.29, 1.82) is 0 Å². The summed E-state index contributed by atoms with van der Waals surface area (Å²) in [5.41, 5.74) is 4.40. The number of nitrogens with two attached hydrogens (primary N) is 1. The molecule has 0 bridgehead atoms. The van der Waals surface area contributed by atoms with Crippen LogP contribution in [-0.4, -0.2) is 54.6 Å². The zero-order chi connectivity index (χ0) is 11.2. The van der Waals surface area contributed by atoms with Crippen molar-refractivity contribution in [2.75, 3.05) is 26.9 Å². The number of aliphatic hydroxyl groups excluding tert-OH is 2. The first-order chi connectivity index (χ1) is 6.49. The molecule has 0 spiro atoms. The molecule has 14 heavy (non-hydrogen) atoms. The lowest BCUT2D eigenvalue weighted by Gasteiger charge is -2.27. The summed E-state index contributed by atoms with van der Waals surface area (Å²) in [4.78, 5) is 11.3. The highest BCUT2D eigenvalue weighted by Gasteiger charge is 2.26. The zero-order valence-corrected chi connectivity index (χ0v) is 8.49. The van der Waals surface area contributed by atoms with E-state index in [-0.39, 0.29) is 19.8 Å². The highest BCUT2D eigenvalue weighted by Crippen LogP contribution is 2.00. The Hall–Kier alpha value is -0.690. The Morgan fingerprint density at radius 1 is 1.57 bits per heavy atom. The molecule has 1 amide bonds. The van der Waals surface area contributed by atoms with Crippen molar-refractivity contribution in [1.82, 2.24) is 5.32 Å². The number of amides is 1. The van der Waals surface area contributed by atoms with Crippen LogP contribution in [0.3, 0.4) is 0 Å². The van der Waals surface area contributed by atoms with Crippen molar-refractivity contribution in [3.63, 3.8) is 0 Å². The third-order valence-electron chi connectivity index (χ3n) is 1.81. The predicted molar refractivity (Wildman–Crippen MR) is 50.6 cm³/mol. The lowest BCUT2D eigenvalue weighted by molar-refractivity contribution is -0.126. The Kier molecular flexibility index (Phi) is 5.63. The molecular weight excluding hydrogens is 188 g/mol. The number of ether oxygens (including phenoxy) is 1. The van der Waals surface area contributed by atoms with Crippen LogP contribution in [0.15, 0.2) is 0 Å². The number of hydrogen-bond donors (Lipinski definition) is 4. The van der Waals surface area contributed by atoms with Crippen LogP contribution in [0.5, 0.6) is 0 Å². The van der Waals surface area contributed by atoms with Crippen LogP contribution < -0.4 is 11.1 Å². The molecule has 0 radical (unpaired) electrons. The first-order valence-corrected chi connectivity index (χ1v) is 4.27. The maximum atomic E-state index is 11.3. The molecule has 6 nitrogen and oxygen atoms in total. The quantitative estimate of drug-likeness (QED) is 0.395. The molecule has 0 saturated carbocycles. The van der Waals surface area contributed by atoms with E-state index in [4.69, 9.17) is 20.7 Å². The first-order valence-electron chi connectivity index (χ1n) is 4.27. The van der Waals surface area contributed by atoms with Gasteiger partial charge in [0.2, 0.25) is 5.91 Å². The van der Waals surface area contributed by atoms with Gasteiger partial charge in [-0.15, -0.1) is 0 Å². The monoisotopic (exact) mass is 206 g/mol. The number of aliphatic hydroxyl groups is 2. The fraction of sp³-hybridized carbons (Fsp3) is 0.875. The molecule has 0 aromatic carbocycles. The lowest BCUT2D eigenvalue weighted by Crippen LogP contribution is -2.57. The first kappa shape index (κ1) is 13.3. The van der Waals surface area contributed by atoms with Crippen LogP contribution in [0.4, 0.5) is 0 Å². The lowest BCUT2D eigenvalue weighted by atomic mass is 10.1. The Morgan fingerprint density at radius 2 is 2.07 bits per heavy atom. The van der Waals surface area contributed by atoms with E-state index < -0.39 is 17.5 Å². The second-order valence-corrected chi connectivity index (χ2v) is 3.43. The van der Waals surface area contributed by atoms with E-state index in [1.54, 1.807) is 0 Å². The fourth-order valence-electron chi connectivity index (χ4n) is 0.774. The number of hydrogen-bond acceptors (Lipinski definition) is 5. The van der Waals surface area contributed by atoms with Gasteiger partial charge in [0.1, 0.15) is 6.04 Å². The van der Waals surface area contributed by atoms with Crippen LogP contribution in [0.2, 0.25) is 0 Å². The van der Waals surface area contributed by atoms with E-state index in [1.807, 2.05) is 0 Å². The maximum absolute atomic E-state index is 11.3. The molecule has 0 aromatic heterocycles. The highest BCUT2D eigenvalue weighted by atomic mass is 16.5. The van der Waals surface area contributed by atoms with Gasteiger partial charge in [0.15, 0.2) is 0 Å². The second kappa shape index (κ2) is 5.92. The Balaban J connectivity index is 4.15. The average molecular weight is 206 g/mol. The summed E-state index contributed by atoms with van der Waals surface area (Å²) in [5.74, 6) is -0.461. The van der Waals surface area contributed by atoms with E-state index in [2.05, 4.69) is 5.32 Å². The van der Waals surface area contributed by atoms with Gasteiger partial charge in [-0.05, 0) is 6.92 Å². The summed E-state index contributed by atoms with van der Waals surface area (Å²) < 4.78 is 4.70. The Bertz CT molecular complexity index is 182. The second-order valence-electron chi connectivity index (χ2n) is 3.43. The van der Waals surface area contributed by atoms with Gasteiger partial charge < -0.3 is 26.0 Å². The molecule has 0 aromatic rings. The van der Waals surface area contributed by atoms with Gasteiger partial charge in [-0.1, -0.05) is 0 Å². The molecule has 0 rings (SSSR count). The van der Waals surface area contributed by atoms with Gasteiger partial charge in [-0.25, -0.2) is 0 Å².